The molecule has 2 aromatic rings. The van der Waals surface area contributed by atoms with E-state index in [0.29, 0.717) is 16.4 Å². The fourth-order valence-corrected chi connectivity index (χ4v) is 3.98. The van der Waals surface area contributed by atoms with Gasteiger partial charge in [0, 0.05) is 12.5 Å². The normalized spacial score (nSPS) is 18.1. The Balaban J connectivity index is 2.26. The van der Waals surface area contributed by atoms with Gasteiger partial charge >= 0.3 is 5.97 Å². The van der Waals surface area contributed by atoms with Gasteiger partial charge in [-0.05, 0) is 24.6 Å². The molecule has 2 atom stereocenters. The largest absolute Gasteiger partial charge is 0.462 e. The Morgan fingerprint density at radius 3 is 2.52 bits per heavy atom. The Labute approximate surface area is 160 Å². The van der Waals surface area contributed by atoms with Crippen molar-refractivity contribution in [2.24, 2.45) is 5.73 Å². The minimum Gasteiger partial charge on any atom is -0.462 e. The van der Waals surface area contributed by atoms with Crippen molar-refractivity contribution in [3.8, 4) is 0 Å². The zero-order valence-corrected chi connectivity index (χ0v) is 15.9. The van der Waals surface area contributed by atoms with Gasteiger partial charge in [-0.1, -0.05) is 36.4 Å². The summed E-state index contributed by atoms with van der Waals surface area (Å²) in [6.45, 7) is 1.91. The first-order valence-corrected chi connectivity index (χ1v) is 9.99. The fourth-order valence-electron chi connectivity index (χ4n) is 2.98. The zero-order chi connectivity index (χ0) is 19.4. The number of allylic oxidation sites excluding steroid dienone is 1. The number of pyridine rings is 1. The fraction of sp³-hybridized carbons (Fsp3) is 0.200. The van der Waals surface area contributed by atoms with Gasteiger partial charge in [-0.3, -0.25) is 9.19 Å². The van der Waals surface area contributed by atoms with E-state index in [2.05, 4.69) is 4.98 Å². The number of carbonyl (C=O) groups excluding carboxylic acids is 1. The van der Waals surface area contributed by atoms with Crippen molar-refractivity contribution in [3.05, 3.63) is 82.3 Å². The molecule has 0 spiro atoms. The molecule has 27 heavy (non-hydrogen) atoms. The number of benzene rings is 1. The second-order valence-electron chi connectivity index (χ2n) is 5.81. The smallest absolute Gasteiger partial charge is 0.340 e. The number of aromatic nitrogens is 1. The summed E-state index contributed by atoms with van der Waals surface area (Å²) in [5.41, 5.74) is 7.53. The van der Waals surface area contributed by atoms with Crippen molar-refractivity contribution >= 4 is 22.5 Å². The van der Waals surface area contributed by atoms with E-state index in [9.17, 15) is 9.00 Å². The number of nitrogens with zero attached hydrogens (tertiary/aromatic N) is 1. The van der Waals surface area contributed by atoms with Crippen LogP contribution in [0.1, 0.15) is 24.1 Å². The number of hydrogen-bond donors (Lipinski definition) is 1. The number of esters is 1. The Hall–Kier alpha value is -2.93. The van der Waals surface area contributed by atoms with E-state index in [0.717, 1.165) is 5.56 Å². The van der Waals surface area contributed by atoms with Crippen molar-refractivity contribution in [1.82, 2.24) is 4.98 Å². The molecule has 0 aliphatic carbocycles. The Morgan fingerprint density at radius 1 is 1.22 bits per heavy atom. The summed E-state index contributed by atoms with van der Waals surface area (Å²) in [5, 5.41) is 0. The van der Waals surface area contributed by atoms with Gasteiger partial charge in [-0.15, -0.1) is 0 Å². The van der Waals surface area contributed by atoms with E-state index in [1.54, 1.807) is 37.6 Å². The number of rotatable bonds is 5. The van der Waals surface area contributed by atoms with Crippen LogP contribution in [0.4, 0.5) is 0 Å². The van der Waals surface area contributed by atoms with Crippen LogP contribution in [0, 0.1) is 0 Å². The van der Waals surface area contributed by atoms with Crippen LogP contribution in [0.2, 0.25) is 0 Å². The van der Waals surface area contributed by atoms with E-state index in [1.807, 2.05) is 30.3 Å². The predicted octanol–water partition coefficient (Wildman–Crippen LogP) is 2.68. The summed E-state index contributed by atoms with van der Waals surface area (Å²) in [5.74, 6) is -1.01. The van der Waals surface area contributed by atoms with Crippen molar-refractivity contribution < 1.29 is 18.5 Å². The number of hydrogen-bond acceptors (Lipinski definition) is 6. The molecule has 0 saturated heterocycles. The van der Waals surface area contributed by atoms with Gasteiger partial charge in [0.25, 0.3) is 0 Å². The Kier molecular flexibility index (Phi) is 5.71. The van der Waals surface area contributed by atoms with Gasteiger partial charge in [0.15, 0.2) is 5.76 Å². The molecule has 6 nitrogen and oxygen atoms in total. The van der Waals surface area contributed by atoms with E-state index >= 15 is 0 Å². The summed E-state index contributed by atoms with van der Waals surface area (Å²) in [6.07, 6.45) is 3.15. The van der Waals surface area contributed by atoms with Crippen molar-refractivity contribution in [1.29, 1.82) is 0 Å². The molecule has 2 heterocycles. The number of nitrogens with two attached hydrogens (primary N) is 1. The van der Waals surface area contributed by atoms with Gasteiger partial charge in [0.05, 0.1) is 28.2 Å². The molecule has 3 rings (SSSR count). The molecule has 2 N–H and O–H groups in total. The zero-order valence-electron chi connectivity index (χ0n) is 15.0. The van der Waals surface area contributed by atoms with Gasteiger partial charge in [-0.2, -0.15) is 0 Å². The highest BCUT2D eigenvalue weighted by Gasteiger charge is 2.39. The van der Waals surface area contributed by atoms with Crippen LogP contribution >= 0.6 is 0 Å². The number of carbonyl (C=O) groups is 1. The highest BCUT2D eigenvalue weighted by molar-refractivity contribution is 7.88. The average molecular weight is 384 g/mol. The van der Waals surface area contributed by atoms with E-state index < -0.39 is 22.7 Å². The van der Waals surface area contributed by atoms with Crippen LogP contribution < -0.4 is 5.73 Å². The van der Waals surface area contributed by atoms with Gasteiger partial charge in [-0.25, -0.2) is 4.79 Å². The molecular formula is C20H20N2O4S. The monoisotopic (exact) mass is 384 g/mol. The third-order valence-corrected chi connectivity index (χ3v) is 5.13. The Bertz CT molecular complexity index is 924. The second-order valence-corrected chi connectivity index (χ2v) is 7.15. The van der Waals surface area contributed by atoms with Crippen molar-refractivity contribution in [2.75, 3.05) is 12.9 Å². The van der Waals surface area contributed by atoms with Crippen LogP contribution in [0.25, 0.3) is 5.76 Å². The molecule has 0 amide bonds. The van der Waals surface area contributed by atoms with Crippen LogP contribution in [0.5, 0.6) is 0 Å². The maximum atomic E-state index is 12.7. The molecule has 1 aromatic heterocycles. The average Bonchev–Trinajstić information content (AvgIpc) is 2.68. The van der Waals surface area contributed by atoms with Gasteiger partial charge in [0.1, 0.15) is 11.3 Å². The molecule has 1 aliphatic heterocycles. The first-order chi connectivity index (χ1) is 13.0. The highest BCUT2D eigenvalue weighted by atomic mass is 32.2. The molecule has 1 aromatic carbocycles. The van der Waals surface area contributed by atoms with Crippen LogP contribution in [0.15, 0.2) is 71.1 Å². The first kappa shape index (κ1) is 18.8. The van der Waals surface area contributed by atoms with Crippen LogP contribution in [0.3, 0.4) is 0 Å². The summed E-state index contributed by atoms with van der Waals surface area (Å²) in [6, 6.07) is 14.6. The lowest BCUT2D eigenvalue weighted by molar-refractivity contribution is -0.139. The molecule has 0 fully saturated rings. The molecule has 1 aliphatic rings. The summed E-state index contributed by atoms with van der Waals surface area (Å²) in [4.78, 5) is 17.3. The van der Waals surface area contributed by atoms with Crippen LogP contribution in [-0.2, 0) is 25.1 Å². The quantitative estimate of drug-likeness (QED) is 0.797. The lowest BCUT2D eigenvalue weighted by Crippen LogP contribution is -2.28. The molecule has 0 bridgehead atoms. The van der Waals surface area contributed by atoms with E-state index in [4.69, 9.17) is 15.2 Å². The van der Waals surface area contributed by atoms with E-state index in [-0.39, 0.29) is 18.1 Å². The maximum absolute atomic E-state index is 12.7. The molecule has 0 radical (unpaired) electrons. The highest BCUT2D eigenvalue weighted by Crippen LogP contribution is 2.43. The minimum atomic E-state index is -1.45. The predicted molar refractivity (Wildman–Crippen MR) is 103 cm³/mol. The molecule has 1 unspecified atom stereocenters. The third-order valence-electron chi connectivity index (χ3n) is 4.09. The third kappa shape index (κ3) is 3.78. The minimum absolute atomic E-state index is 0.0721. The topological polar surface area (TPSA) is 91.5 Å². The summed E-state index contributed by atoms with van der Waals surface area (Å²) in [7, 11) is -1.45. The van der Waals surface area contributed by atoms with Crippen molar-refractivity contribution in [2.45, 2.75) is 12.8 Å². The standard InChI is InChI=1S/C20H20N2O4S/c1-3-25-20(23)16-15(13-9-5-4-6-10-13)18(27(2)24)17(26-19(16)21)14-11-7-8-12-22-14/h4-12,15H,3,21H2,1-2H3/t15-,27?/m0/s1. The summed E-state index contributed by atoms with van der Waals surface area (Å²) >= 11 is 0. The summed E-state index contributed by atoms with van der Waals surface area (Å²) < 4.78 is 23.7. The number of ether oxygens (including phenoxy) is 2. The molecule has 7 heteroatoms. The lowest BCUT2D eigenvalue weighted by Gasteiger charge is -2.29. The van der Waals surface area contributed by atoms with Gasteiger partial charge < -0.3 is 15.2 Å². The molecule has 0 saturated carbocycles. The Morgan fingerprint density at radius 2 is 1.93 bits per heavy atom. The van der Waals surface area contributed by atoms with Gasteiger partial charge in [0.2, 0.25) is 5.88 Å². The molecule has 140 valence electrons. The maximum Gasteiger partial charge on any atom is 0.340 e. The first-order valence-electron chi connectivity index (χ1n) is 8.43. The van der Waals surface area contributed by atoms with Crippen molar-refractivity contribution in [3.63, 3.8) is 0 Å². The SMILES string of the molecule is CCOC(=O)C1=C(N)OC(c2ccccn2)=C(S(C)=O)[C@H]1c1ccccc1. The van der Waals surface area contributed by atoms with E-state index in [1.165, 1.54) is 0 Å². The lowest BCUT2D eigenvalue weighted by atomic mass is 9.88. The molecular weight excluding hydrogens is 364 g/mol. The van der Waals surface area contributed by atoms with Crippen LogP contribution in [-0.4, -0.2) is 28.0 Å². The second kappa shape index (κ2) is 8.18.